The minimum atomic E-state index is 0.154. The minimum absolute atomic E-state index is 0.154. The van der Waals surface area contributed by atoms with E-state index in [0.29, 0.717) is 25.0 Å². The molecule has 3 aliphatic heterocycles. The van der Waals surface area contributed by atoms with Crippen LogP contribution in [0.15, 0.2) is 42.0 Å². The first kappa shape index (κ1) is 26.7. The largest absolute Gasteiger partial charge is 0.487 e. The third kappa shape index (κ3) is 5.97. The molecule has 3 fully saturated rings. The Bertz CT molecular complexity index is 985. The summed E-state index contributed by atoms with van der Waals surface area (Å²) in [7, 11) is 2.36. The molecule has 0 aromatic carbocycles. The van der Waals surface area contributed by atoms with Crippen LogP contribution in [-0.2, 0) is 9.47 Å². The Hall–Kier alpha value is -2.32. The zero-order chi connectivity index (χ0) is 25.7. The molecule has 4 heterocycles. The van der Waals surface area contributed by atoms with Crippen molar-refractivity contribution < 1.29 is 18.8 Å². The highest BCUT2D eigenvalue weighted by molar-refractivity contribution is 7.17. The summed E-state index contributed by atoms with van der Waals surface area (Å²) >= 11 is 1.55. The van der Waals surface area contributed by atoms with Crippen LogP contribution < -0.4 is 4.90 Å². The lowest BCUT2D eigenvalue weighted by atomic mass is 9.94. The fourth-order valence-corrected chi connectivity index (χ4v) is 6.39. The van der Waals surface area contributed by atoms with Gasteiger partial charge in [-0.3, -0.25) is 4.79 Å². The molecule has 7 nitrogen and oxygen atoms in total. The third-order valence-electron chi connectivity index (χ3n) is 8.44. The zero-order valence-corrected chi connectivity index (χ0v) is 23.3. The van der Waals surface area contributed by atoms with Gasteiger partial charge in [0.1, 0.15) is 24.1 Å². The normalized spacial score (nSPS) is 23.4. The van der Waals surface area contributed by atoms with Gasteiger partial charge in [-0.2, -0.15) is 0 Å². The van der Waals surface area contributed by atoms with Gasteiger partial charge in [0.05, 0.1) is 39.4 Å². The highest BCUT2D eigenvalue weighted by atomic mass is 32.1. The quantitative estimate of drug-likeness (QED) is 0.487. The Morgan fingerprint density at radius 1 is 1.22 bits per heavy atom. The van der Waals surface area contributed by atoms with Crippen molar-refractivity contribution in [1.82, 2.24) is 9.88 Å². The van der Waals surface area contributed by atoms with E-state index in [-0.39, 0.29) is 5.91 Å². The molecule has 1 amide bonds. The first-order valence-electron chi connectivity index (χ1n) is 13.5. The van der Waals surface area contributed by atoms with E-state index in [1.165, 1.54) is 12.0 Å². The van der Waals surface area contributed by atoms with E-state index in [1.54, 1.807) is 17.5 Å². The molecule has 0 aliphatic carbocycles. The van der Waals surface area contributed by atoms with E-state index >= 15 is 0 Å². The molecule has 1 aromatic heterocycles. The second kappa shape index (κ2) is 11.8. The smallest absolute Gasteiger partial charge is 0.265 e. The van der Waals surface area contributed by atoms with Gasteiger partial charge < -0.3 is 23.8 Å². The fraction of sp³-hybridized carbons (Fsp3) is 0.643. The Morgan fingerprint density at radius 3 is 2.56 bits per heavy atom. The van der Waals surface area contributed by atoms with Crippen molar-refractivity contribution >= 4 is 22.4 Å². The lowest BCUT2D eigenvalue weighted by molar-refractivity contribution is -0.927. The molecular weight excluding hydrogens is 472 g/mol. The molecule has 3 aliphatic rings. The monoisotopic (exact) mass is 515 g/mol. The summed E-state index contributed by atoms with van der Waals surface area (Å²) in [6, 6.07) is 0.395. The molecule has 3 saturated heterocycles. The lowest BCUT2D eigenvalue weighted by Crippen LogP contribution is -2.61. The number of anilines is 1. The van der Waals surface area contributed by atoms with Gasteiger partial charge in [-0.15, -0.1) is 0 Å². The van der Waals surface area contributed by atoms with Gasteiger partial charge in [0, 0.05) is 13.1 Å². The molecule has 198 valence electrons. The summed E-state index contributed by atoms with van der Waals surface area (Å²) in [6.07, 6.45) is 10.4. The minimum Gasteiger partial charge on any atom is -0.487 e. The molecule has 0 bridgehead atoms. The van der Waals surface area contributed by atoms with Gasteiger partial charge in [-0.25, -0.2) is 4.98 Å². The summed E-state index contributed by atoms with van der Waals surface area (Å²) in [5, 5.41) is 0.977. The molecule has 0 unspecified atom stereocenters. The van der Waals surface area contributed by atoms with Crippen molar-refractivity contribution in [3.05, 3.63) is 46.9 Å². The molecule has 0 N–H and O–H groups in total. The third-order valence-corrected chi connectivity index (χ3v) is 9.48. The summed E-state index contributed by atoms with van der Waals surface area (Å²) in [5.41, 5.74) is 1.40. The van der Waals surface area contributed by atoms with Crippen molar-refractivity contribution in [2.45, 2.75) is 52.5 Å². The Kier molecular flexibility index (Phi) is 8.78. The van der Waals surface area contributed by atoms with Crippen LogP contribution in [0.4, 0.5) is 5.13 Å². The number of amides is 1. The van der Waals surface area contributed by atoms with Crippen LogP contribution in [0, 0.1) is 5.92 Å². The molecule has 0 saturated carbocycles. The first-order chi connectivity index (χ1) is 17.3. The van der Waals surface area contributed by atoms with Crippen molar-refractivity contribution in [3.8, 4) is 0 Å². The first-order valence-corrected chi connectivity index (χ1v) is 14.4. The predicted octanol–water partition coefficient (Wildman–Crippen LogP) is 4.84. The Labute approximate surface area is 220 Å². The number of allylic oxidation sites excluding steroid dienone is 2. The van der Waals surface area contributed by atoms with E-state index < -0.39 is 0 Å². The summed E-state index contributed by atoms with van der Waals surface area (Å²) in [4.78, 5) is 22.8. The molecular formula is C28H43N4O3S+. The number of piperazine rings is 1. The molecule has 0 radical (unpaired) electrons. The number of carbonyl (C=O) groups excluding carboxylic acids is 1. The number of nitrogens with zero attached hydrogens (tertiary/aromatic N) is 4. The number of likely N-dealkylation sites (N-methyl/N-ethyl adjacent to an activating group) is 1. The number of aromatic nitrogens is 1. The van der Waals surface area contributed by atoms with Crippen molar-refractivity contribution in [2.75, 3.05) is 64.4 Å². The highest BCUT2D eigenvalue weighted by Gasteiger charge is 2.36. The topological polar surface area (TPSA) is 54.9 Å². The van der Waals surface area contributed by atoms with Gasteiger partial charge in [-0.1, -0.05) is 44.3 Å². The number of thiazole rings is 1. The van der Waals surface area contributed by atoms with Crippen LogP contribution in [0.2, 0.25) is 0 Å². The SMILES string of the molecule is C=C1OCCO/C1=C/C=C(\CC)[C@H](C)[N+]1(C)CCN(c2ncc(C(=O)N3CCC(CC)CC3)s2)CC1. The van der Waals surface area contributed by atoms with Gasteiger partial charge in [0.25, 0.3) is 5.91 Å². The number of likely N-dealkylation sites (tertiary alicyclic amines) is 1. The number of piperidine rings is 1. The average Bonchev–Trinajstić information content (AvgIpc) is 3.40. The summed E-state index contributed by atoms with van der Waals surface area (Å²) < 4.78 is 12.2. The van der Waals surface area contributed by atoms with Crippen molar-refractivity contribution in [3.63, 3.8) is 0 Å². The van der Waals surface area contributed by atoms with Gasteiger partial charge in [-0.05, 0) is 43.8 Å². The van der Waals surface area contributed by atoms with Crippen molar-refractivity contribution in [2.24, 2.45) is 5.92 Å². The van der Waals surface area contributed by atoms with Gasteiger partial charge in [0.2, 0.25) is 0 Å². The number of carbonyl (C=O) groups is 1. The summed E-state index contributed by atoms with van der Waals surface area (Å²) in [6.45, 7) is 17.6. The standard InChI is InChI=1S/C28H43N4O3S/c1-6-23-10-12-30(13-11-23)27(33)26-20-29-28(36-26)31-14-16-32(5,17-15-31)21(3)24(7-2)8-9-25-22(4)34-18-19-35-25/h8-9,20-21,23H,4,6-7,10-19H2,1-3,5H3/q+1/b24-8+,25-9+/t21-/m0/s1. The maximum absolute atomic E-state index is 13.0. The predicted molar refractivity (Wildman–Crippen MR) is 146 cm³/mol. The van der Waals surface area contributed by atoms with Crippen LogP contribution >= 0.6 is 11.3 Å². The number of quaternary nitrogens is 1. The van der Waals surface area contributed by atoms with Crippen LogP contribution in [-0.4, -0.2) is 85.8 Å². The average molecular weight is 516 g/mol. The van der Waals surface area contributed by atoms with Crippen molar-refractivity contribution in [1.29, 1.82) is 0 Å². The van der Waals surface area contributed by atoms with Gasteiger partial charge in [0.15, 0.2) is 16.6 Å². The van der Waals surface area contributed by atoms with Crippen LogP contribution in [0.5, 0.6) is 0 Å². The number of hydrogen-bond donors (Lipinski definition) is 0. The van der Waals surface area contributed by atoms with E-state index in [0.717, 1.165) is 84.7 Å². The van der Waals surface area contributed by atoms with E-state index in [4.69, 9.17) is 9.47 Å². The maximum Gasteiger partial charge on any atom is 0.265 e. The number of ether oxygens (including phenoxy) is 2. The Morgan fingerprint density at radius 2 is 1.92 bits per heavy atom. The second-order valence-electron chi connectivity index (χ2n) is 10.5. The van der Waals surface area contributed by atoms with Crippen LogP contribution in [0.25, 0.3) is 0 Å². The molecule has 0 spiro atoms. The van der Waals surface area contributed by atoms with E-state index in [2.05, 4.69) is 50.4 Å². The summed E-state index contributed by atoms with van der Waals surface area (Å²) in [5.74, 6) is 2.27. The maximum atomic E-state index is 13.0. The molecule has 8 heteroatoms. The lowest BCUT2D eigenvalue weighted by Gasteiger charge is -2.46. The zero-order valence-electron chi connectivity index (χ0n) is 22.5. The number of hydrogen-bond acceptors (Lipinski definition) is 6. The molecule has 4 rings (SSSR count). The van der Waals surface area contributed by atoms with Crippen LogP contribution in [0.1, 0.15) is 56.1 Å². The Balaban J connectivity index is 1.35. The highest BCUT2D eigenvalue weighted by Crippen LogP contribution is 2.30. The van der Waals surface area contributed by atoms with Crippen LogP contribution in [0.3, 0.4) is 0 Å². The molecule has 36 heavy (non-hydrogen) atoms. The molecule has 1 aromatic rings. The van der Waals surface area contributed by atoms with E-state index in [9.17, 15) is 4.79 Å². The van der Waals surface area contributed by atoms with Gasteiger partial charge >= 0.3 is 0 Å². The fourth-order valence-electron chi connectivity index (χ4n) is 5.46. The van der Waals surface area contributed by atoms with E-state index in [1.807, 2.05) is 11.0 Å². The second-order valence-corrected chi connectivity index (χ2v) is 11.5. The number of rotatable bonds is 7. The molecule has 1 atom stereocenters.